The molecule has 4 heteroatoms. The molecule has 0 unspecified atom stereocenters. The normalized spacial score (nSPS) is 13.1. The smallest absolute Gasteiger partial charge is 0.258 e. The molecule has 2 aromatic carbocycles. The first-order valence-corrected chi connectivity index (χ1v) is 8.61. The summed E-state index contributed by atoms with van der Waals surface area (Å²) in [6.07, 6.45) is 0.928. The van der Waals surface area contributed by atoms with Crippen LogP contribution in [0.25, 0.3) is 0 Å². The first-order valence-electron chi connectivity index (χ1n) is 8.61. The first-order chi connectivity index (χ1) is 12.1. The number of rotatable bonds is 3. The van der Waals surface area contributed by atoms with Crippen LogP contribution < -0.4 is 4.90 Å². The zero-order valence-electron chi connectivity index (χ0n) is 14.6. The van der Waals surface area contributed by atoms with Gasteiger partial charge in [0.25, 0.3) is 5.91 Å². The molecule has 1 aliphatic heterocycles. The Morgan fingerprint density at radius 1 is 1.08 bits per heavy atom. The van der Waals surface area contributed by atoms with Crippen LogP contribution in [0.4, 0.5) is 5.69 Å². The van der Waals surface area contributed by atoms with Crippen molar-refractivity contribution in [2.45, 2.75) is 26.8 Å². The van der Waals surface area contributed by atoms with Gasteiger partial charge in [-0.1, -0.05) is 30.3 Å². The minimum Gasteiger partial charge on any atom is -0.308 e. The predicted molar refractivity (Wildman–Crippen MR) is 99.1 cm³/mol. The molecule has 0 saturated carbocycles. The second-order valence-corrected chi connectivity index (χ2v) is 6.62. The minimum atomic E-state index is 0.0719. The Morgan fingerprint density at radius 3 is 2.56 bits per heavy atom. The van der Waals surface area contributed by atoms with Gasteiger partial charge < -0.3 is 4.90 Å². The molecular weight excluding hydrogens is 310 g/mol. The number of para-hydroxylation sites is 1. The quantitative estimate of drug-likeness (QED) is 0.733. The molecule has 0 atom stereocenters. The summed E-state index contributed by atoms with van der Waals surface area (Å²) >= 11 is 0. The van der Waals surface area contributed by atoms with Crippen LogP contribution in [0.3, 0.4) is 0 Å². The van der Waals surface area contributed by atoms with Crippen molar-refractivity contribution >= 4 is 11.6 Å². The molecule has 25 heavy (non-hydrogen) atoms. The highest BCUT2D eigenvalue weighted by molar-refractivity contribution is 6.07. The van der Waals surface area contributed by atoms with Crippen LogP contribution in [-0.2, 0) is 13.0 Å². The van der Waals surface area contributed by atoms with Crippen LogP contribution in [0.1, 0.15) is 32.9 Å². The largest absolute Gasteiger partial charge is 0.308 e. The van der Waals surface area contributed by atoms with Gasteiger partial charge in [-0.05, 0) is 55.7 Å². The second-order valence-electron chi connectivity index (χ2n) is 6.62. The van der Waals surface area contributed by atoms with Crippen LogP contribution in [-0.4, -0.2) is 22.2 Å². The number of benzene rings is 2. The highest BCUT2D eigenvalue weighted by Gasteiger charge is 2.24. The van der Waals surface area contributed by atoms with Crippen molar-refractivity contribution in [1.29, 1.82) is 0 Å². The SMILES string of the molecule is Cc1cc(C)n(Cc2ccc(C(=O)N3CCc4ccccc43)cc2)n1. The van der Waals surface area contributed by atoms with Crippen molar-refractivity contribution in [3.05, 3.63) is 82.7 Å². The number of amides is 1. The molecule has 2 heterocycles. The van der Waals surface area contributed by atoms with Crippen LogP contribution in [0.15, 0.2) is 54.6 Å². The molecule has 1 aromatic heterocycles. The van der Waals surface area contributed by atoms with Gasteiger partial charge in [-0.2, -0.15) is 5.10 Å². The highest BCUT2D eigenvalue weighted by atomic mass is 16.2. The Labute approximate surface area is 147 Å². The zero-order chi connectivity index (χ0) is 17.4. The van der Waals surface area contributed by atoms with Crippen LogP contribution in [0.2, 0.25) is 0 Å². The average molecular weight is 331 g/mol. The Morgan fingerprint density at radius 2 is 1.84 bits per heavy atom. The Balaban J connectivity index is 1.52. The lowest BCUT2D eigenvalue weighted by molar-refractivity contribution is 0.0989. The maximum atomic E-state index is 12.8. The second kappa shape index (κ2) is 6.20. The molecule has 4 rings (SSSR count). The first kappa shape index (κ1) is 15.6. The number of hydrogen-bond donors (Lipinski definition) is 0. The van der Waals surface area contributed by atoms with E-state index in [1.54, 1.807) is 0 Å². The van der Waals surface area contributed by atoms with Crippen molar-refractivity contribution in [2.75, 3.05) is 11.4 Å². The van der Waals surface area contributed by atoms with Gasteiger partial charge >= 0.3 is 0 Å². The summed E-state index contributed by atoms with van der Waals surface area (Å²) in [5.41, 5.74) is 6.33. The van der Waals surface area contributed by atoms with E-state index in [-0.39, 0.29) is 5.91 Å². The number of hydrogen-bond acceptors (Lipinski definition) is 2. The van der Waals surface area contributed by atoms with Crippen molar-refractivity contribution < 1.29 is 4.79 Å². The van der Waals surface area contributed by atoms with Crippen molar-refractivity contribution in [1.82, 2.24) is 9.78 Å². The number of carbonyl (C=O) groups is 1. The van der Waals surface area contributed by atoms with Gasteiger partial charge in [0.15, 0.2) is 0 Å². The standard InChI is InChI=1S/C21H21N3O/c1-15-13-16(2)24(22-15)14-17-7-9-19(10-8-17)21(25)23-12-11-18-5-3-4-6-20(18)23/h3-10,13H,11-12,14H2,1-2H3. The van der Waals surface area contributed by atoms with Crippen molar-refractivity contribution in [3.63, 3.8) is 0 Å². The molecule has 0 fully saturated rings. The summed E-state index contributed by atoms with van der Waals surface area (Å²) in [6.45, 7) is 5.54. The summed E-state index contributed by atoms with van der Waals surface area (Å²) < 4.78 is 1.99. The topological polar surface area (TPSA) is 38.1 Å². The van der Waals surface area contributed by atoms with Gasteiger partial charge in [-0.15, -0.1) is 0 Å². The molecule has 0 radical (unpaired) electrons. The van der Waals surface area contributed by atoms with E-state index >= 15 is 0 Å². The van der Waals surface area contributed by atoms with E-state index in [1.165, 1.54) is 5.56 Å². The maximum Gasteiger partial charge on any atom is 0.258 e. The van der Waals surface area contributed by atoms with Gasteiger partial charge in [0, 0.05) is 23.5 Å². The predicted octanol–water partition coefficient (Wildman–Crippen LogP) is 3.75. The molecule has 1 aliphatic rings. The number of aryl methyl sites for hydroxylation is 2. The lowest BCUT2D eigenvalue weighted by Crippen LogP contribution is -2.28. The number of nitrogens with zero attached hydrogens (tertiary/aromatic N) is 3. The van der Waals surface area contributed by atoms with E-state index in [0.29, 0.717) is 0 Å². The number of fused-ring (bicyclic) bond motifs is 1. The fraction of sp³-hybridized carbons (Fsp3) is 0.238. The molecule has 4 nitrogen and oxygen atoms in total. The molecule has 126 valence electrons. The van der Waals surface area contributed by atoms with Gasteiger partial charge in [0.2, 0.25) is 0 Å². The fourth-order valence-corrected chi connectivity index (χ4v) is 3.47. The Bertz CT molecular complexity index is 925. The number of anilines is 1. The number of carbonyl (C=O) groups excluding carboxylic acids is 1. The third-order valence-corrected chi connectivity index (χ3v) is 4.77. The lowest BCUT2D eigenvalue weighted by Gasteiger charge is -2.17. The molecule has 0 bridgehead atoms. The third kappa shape index (κ3) is 2.95. The molecule has 0 spiro atoms. The monoisotopic (exact) mass is 331 g/mol. The molecular formula is C21H21N3O. The van der Waals surface area contributed by atoms with E-state index in [9.17, 15) is 4.79 Å². The zero-order valence-corrected chi connectivity index (χ0v) is 14.6. The molecule has 3 aromatic rings. The summed E-state index contributed by atoms with van der Waals surface area (Å²) in [7, 11) is 0. The van der Waals surface area contributed by atoms with E-state index in [4.69, 9.17) is 0 Å². The van der Waals surface area contributed by atoms with Gasteiger partial charge in [0.1, 0.15) is 0 Å². The van der Waals surface area contributed by atoms with Crippen LogP contribution in [0.5, 0.6) is 0 Å². The van der Waals surface area contributed by atoms with E-state index < -0.39 is 0 Å². The lowest BCUT2D eigenvalue weighted by atomic mass is 10.1. The van der Waals surface area contributed by atoms with Gasteiger partial charge in [0.05, 0.1) is 12.2 Å². The van der Waals surface area contributed by atoms with E-state index in [2.05, 4.69) is 24.2 Å². The molecule has 0 aliphatic carbocycles. The summed E-state index contributed by atoms with van der Waals surface area (Å²) in [6, 6.07) is 18.1. The van der Waals surface area contributed by atoms with E-state index in [0.717, 1.165) is 47.7 Å². The van der Waals surface area contributed by atoms with Crippen molar-refractivity contribution in [3.8, 4) is 0 Å². The number of aromatic nitrogens is 2. The highest BCUT2D eigenvalue weighted by Crippen LogP contribution is 2.28. The summed E-state index contributed by atoms with van der Waals surface area (Å²) in [5.74, 6) is 0.0719. The molecule has 0 N–H and O–H groups in total. The molecule has 0 saturated heterocycles. The summed E-state index contributed by atoms with van der Waals surface area (Å²) in [4.78, 5) is 14.7. The summed E-state index contributed by atoms with van der Waals surface area (Å²) in [5, 5.41) is 4.49. The van der Waals surface area contributed by atoms with E-state index in [1.807, 2.05) is 59.0 Å². The van der Waals surface area contributed by atoms with Crippen LogP contribution in [0, 0.1) is 13.8 Å². The molecule has 1 amide bonds. The maximum absolute atomic E-state index is 12.8. The van der Waals surface area contributed by atoms with Crippen molar-refractivity contribution in [2.24, 2.45) is 0 Å². The third-order valence-electron chi connectivity index (χ3n) is 4.77. The van der Waals surface area contributed by atoms with Crippen LogP contribution >= 0.6 is 0 Å². The minimum absolute atomic E-state index is 0.0719. The average Bonchev–Trinajstić information content (AvgIpc) is 3.18. The van der Waals surface area contributed by atoms with Gasteiger partial charge in [-0.3, -0.25) is 9.48 Å². The van der Waals surface area contributed by atoms with Gasteiger partial charge in [-0.25, -0.2) is 0 Å². The Kier molecular flexibility index (Phi) is 3.88. The Hall–Kier alpha value is -2.88. The fourth-order valence-electron chi connectivity index (χ4n) is 3.47.